The van der Waals surface area contributed by atoms with Crippen molar-refractivity contribution >= 4 is 27.7 Å². The maximum Gasteiger partial charge on any atom is 0.0751 e. The maximum atomic E-state index is 4.01. The molecule has 0 spiro atoms. The van der Waals surface area contributed by atoms with E-state index in [-0.39, 0.29) is 0 Å². The lowest BCUT2D eigenvalue weighted by Gasteiger charge is -1.81. The van der Waals surface area contributed by atoms with Crippen LogP contribution in [0, 0.1) is 0 Å². The zero-order valence-electron chi connectivity index (χ0n) is 4.17. The summed E-state index contributed by atoms with van der Waals surface area (Å²) in [6.07, 6.45) is 2.78. The van der Waals surface area contributed by atoms with Gasteiger partial charge >= 0.3 is 0 Å². The minimum Gasteiger partial charge on any atom is -0.181 e. The first-order valence-corrected chi connectivity index (χ1v) is 4.11. The second-order valence-corrected chi connectivity index (χ2v) is 2.69. The van der Waals surface area contributed by atoms with Crippen LogP contribution in [0.2, 0.25) is 0 Å². The van der Waals surface area contributed by atoms with Crippen molar-refractivity contribution in [2.45, 2.75) is 6.42 Å². The lowest BCUT2D eigenvalue weighted by atomic mass is 10.4. The fraction of sp³-hybridized carbons (Fsp3) is 0.500. The Morgan fingerprint density at radius 1 is 1.75 bits per heavy atom. The lowest BCUT2D eigenvalue weighted by Crippen LogP contribution is -1.82. The minimum absolute atomic E-state index is 0.971. The van der Waals surface area contributed by atoms with Gasteiger partial charge in [-0.05, 0) is 0 Å². The molecule has 0 saturated carbocycles. The third kappa shape index (κ3) is 1.52. The van der Waals surface area contributed by atoms with Crippen molar-refractivity contribution in [3.8, 4) is 0 Å². The van der Waals surface area contributed by atoms with Crippen LogP contribution in [0.5, 0.6) is 0 Å². The summed E-state index contributed by atoms with van der Waals surface area (Å²) in [6, 6.07) is 0. The molecule has 0 aliphatic rings. The number of hydrogen-bond acceptors (Lipinski definition) is 3. The van der Waals surface area contributed by atoms with Gasteiger partial charge in [-0.3, -0.25) is 0 Å². The molecule has 44 valence electrons. The van der Waals surface area contributed by atoms with Crippen LogP contribution in [-0.2, 0) is 6.42 Å². The number of rotatable bonds is 2. The first-order valence-electron chi connectivity index (χ1n) is 2.26. The van der Waals surface area contributed by atoms with Gasteiger partial charge in [-0.15, -0.1) is 0 Å². The minimum atomic E-state index is 0.971. The van der Waals surface area contributed by atoms with Crippen molar-refractivity contribution < 1.29 is 0 Å². The summed E-state index contributed by atoms with van der Waals surface area (Å²) in [5.41, 5.74) is 1.08. The van der Waals surface area contributed by atoms with Crippen LogP contribution in [0.25, 0.3) is 0 Å². The molecule has 0 saturated heterocycles. The summed E-state index contributed by atoms with van der Waals surface area (Å²) in [6.45, 7) is 0. The Hall–Kier alpha value is 0.0400. The van der Waals surface area contributed by atoms with E-state index in [1.807, 2.05) is 0 Å². The standard InChI is InChI=1S/C4H5BrN2S/c5-2-1-4-3-6-8-7-4/h3H,1-2H2. The normalized spacial score (nSPS) is 9.62. The second kappa shape index (κ2) is 3.14. The molecule has 0 radical (unpaired) electrons. The van der Waals surface area contributed by atoms with E-state index in [0.717, 1.165) is 17.4 Å². The van der Waals surface area contributed by atoms with Gasteiger partial charge in [0.25, 0.3) is 0 Å². The van der Waals surface area contributed by atoms with Gasteiger partial charge in [-0.25, -0.2) is 0 Å². The molecule has 0 fully saturated rings. The number of alkyl halides is 1. The molecule has 4 heteroatoms. The van der Waals surface area contributed by atoms with Crippen molar-refractivity contribution in [3.05, 3.63) is 11.9 Å². The molecular formula is C4H5BrN2S. The molecule has 0 aliphatic carbocycles. The van der Waals surface area contributed by atoms with Crippen molar-refractivity contribution in [2.24, 2.45) is 0 Å². The maximum absolute atomic E-state index is 4.01. The van der Waals surface area contributed by atoms with Crippen LogP contribution in [0.4, 0.5) is 0 Å². The highest BCUT2D eigenvalue weighted by molar-refractivity contribution is 9.09. The van der Waals surface area contributed by atoms with E-state index in [1.165, 1.54) is 11.7 Å². The largest absolute Gasteiger partial charge is 0.181 e. The molecule has 1 aromatic rings. The highest BCUT2D eigenvalue weighted by Gasteiger charge is 1.90. The second-order valence-electron chi connectivity index (χ2n) is 1.34. The summed E-state index contributed by atoms with van der Waals surface area (Å²) >= 11 is 4.57. The summed E-state index contributed by atoms with van der Waals surface area (Å²) in [4.78, 5) is 0. The van der Waals surface area contributed by atoms with Gasteiger partial charge in [-0.2, -0.15) is 8.75 Å². The predicted molar refractivity (Wildman–Crippen MR) is 37.4 cm³/mol. The third-order valence-corrected chi connectivity index (χ3v) is 1.67. The summed E-state index contributed by atoms with van der Waals surface area (Å²) in [5, 5.41) is 0.971. The van der Waals surface area contributed by atoms with Gasteiger partial charge in [0.15, 0.2) is 0 Å². The summed E-state index contributed by atoms with van der Waals surface area (Å²) in [7, 11) is 0. The molecule has 8 heavy (non-hydrogen) atoms. The zero-order chi connectivity index (χ0) is 5.82. The van der Waals surface area contributed by atoms with Crippen LogP contribution in [0.15, 0.2) is 6.20 Å². The van der Waals surface area contributed by atoms with Crippen LogP contribution in [0.3, 0.4) is 0 Å². The first-order chi connectivity index (χ1) is 3.93. The van der Waals surface area contributed by atoms with E-state index < -0.39 is 0 Å². The molecule has 0 amide bonds. The molecule has 0 atom stereocenters. The monoisotopic (exact) mass is 192 g/mol. The molecule has 1 heterocycles. The Labute approximate surface area is 60.4 Å². The van der Waals surface area contributed by atoms with E-state index in [4.69, 9.17) is 0 Å². The smallest absolute Gasteiger partial charge is 0.0751 e. The van der Waals surface area contributed by atoms with Gasteiger partial charge in [0, 0.05) is 11.8 Å². The van der Waals surface area contributed by atoms with Crippen molar-refractivity contribution in [1.29, 1.82) is 0 Å². The highest BCUT2D eigenvalue weighted by Crippen LogP contribution is 1.97. The number of aryl methyl sites for hydroxylation is 1. The Bertz CT molecular complexity index is 140. The van der Waals surface area contributed by atoms with Gasteiger partial charge < -0.3 is 0 Å². The van der Waals surface area contributed by atoms with Gasteiger partial charge in [0.1, 0.15) is 0 Å². The fourth-order valence-electron chi connectivity index (χ4n) is 0.391. The number of halogens is 1. The highest BCUT2D eigenvalue weighted by atomic mass is 79.9. The molecule has 0 aromatic carbocycles. The molecule has 1 rings (SSSR count). The van der Waals surface area contributed by atoms with Crippen molar-refractivity contribution in [2.75, 3.05) is 5.33 Å². The van der Waals surface area contributed by atoms with E-state index in [1.54, 1.807) is 6.20 Å². The predicted octanol–water partition coefficient (Wildman–Crippen LogP) is 1.48. The SMILES string of the molecule is BrCCc1cnsn1. The van der Waals surface area contributed by atoms with Gasteiger partial charge in [-0.1, -0.05) is 15.9 Å². The Morgan fingerprint density at radius 2 is 2.62 bits per heavy atom. The van der Waals surface area contributed by atoms with Crippen molar-refractivity contribution in [1.82, 2.24) is 8.75 Å². The summed E-state index contributed by atoms with van der Waals surface area (Å²) < 4.78 is 7.86. The molecule has 0 bridgehead atoms. The molecule has 0 N–H and O–H groups in total. The number of hydrogen-bond donors (Lipinski definition) is 0. The average Bonchev–Trinajstić information content (AvgIpc) is 2.19. The molecule has 0 unspecified atom stereocenters. The van der Waals surface area contributed by atoms with Crippen LogP contribution in [-0.4, -0.2) is 14.1 Å². The van der Waals surface area contributed by atoms with Crippen LogP contribution >= 0.6 is 27.7 Å². The van der Waals surface area contributed by atoms with Crippen molar-refractivity contribution in [3.63, 3.8) is 0 Å². The van der Waals surface area contributed by atoms with Gasteiger partial charge in [0.05, 0.1) is 23.6 Å². The molecule has 0 aliphatic heterocycles. The third-order valence-electron chi connectivity index (χ3n) is 0.758. The van der Waals surface area contributed by atoms with E-state index >= 15 is 0 Å². The summed E-state index contributed by atoms with van der Waals surface area (Å²) in [5.74, 6) is 0. The Balaban J connectivity index is 2.50. The lowest BCUT2D eigenvalue weighted by molar-refractivity contribution is 1.10. The van der Waals surface area contributed by atoms with E-state index in [2.05, 4.69) is 24.7 Å². The quantitative estimate of drug-likeness (QED) is 0.664. The first kappa shape index (κ1) is 6.16. The van der Waals surface area contributed by atoms with Crippen LogP contribution in [0.1, 0.15) is 5.69 Å². The zero-order valence-corrected chi connectivity index (χ0v) is 6.57. The van der Waals surface area contributed by atoms with E-state index in [9.17, 15) is 0 Å². The number of nitrogens with zero attached hydrogens (tertiary/aromatic N) is 2. The van der Waals surface area contributed by atoms with Crippen LogP contribution < -0.4 is 0 Å². The topological polar surface area (TPSA) is 25.8 Å². The van der Waals surface area contributed by atoms with Gasteiger partial charge in [0.2, 0.25) is 0 Å². The fourth-order valence-corrected chi connectivity index (χ4v) is 1.26. The number of aromatic nitrogens is 2. The molecule has 2 nitrogen and oxygen atoms in total. The molecular weight excluding hydrogens is 188 g/mol. The average molecular weight is 193 g/mol. The van der Waals surface area contributed by atoms with E-state index in [0.29, 0.717) is 0 Å². The Morgan fingerprint density at radius 3 is 3.12 bits per heavy atom. The Kier molecular flexibility index (Phi) is 2.42. The molecule has 1 aromatic heterocycles.